The second kappa shape index (κ2) is 8.89. The average molecular weight is 341 g/mol. The molecule has 0 spiro atoms. The van der Waals surface area contributed by atoms with Gasteiger partial charge in [0, 0.05) is 38.0 Å². The fraction of sp³-hybridized carbons (Fsp3) is 0.333. The van der Waals surface area contributed by atoms with Crippen LogP contribution in [0.3, 0.4) is 0 Å². The quantitative estimate of drug-likeness (QED) is 0.803. The molecule has 2 amide bonds. The van der Waals surface area contributed by atoms with Crippen molar-refractivity contribution in [2.75, 3.05) is 24.2 Å². The van der Waals surface area contributed by atoms with Crippen LogP contribution in [0.15, 0.2) is 42.9 Å². The Morgan fingerprint density at radius 2 is 1.84 bits per heavy atom. The van der Waals surface area contributed by atoms with Crippen LogP contribution in [0.5, 0.6) is 0 Å². The topological polar surface area (TPSA) is 87.2 Å². The van der Waals surface area contributed by atoms with Gasteiger partial charge in [-0.3, -0.25) is 24.5 Å². The normalized spacial score (nSPS) is 11.8. The van der Waals surface area contributed by atoms with Gasteiger partial charge in [-0.25, -0.2) is 0 Å². The van der Waals surface area contributed by atoms with Gasteiger partial charge >= 0.3 is 0 Å². The second-order valence-corrected chi connectivity index (χ2v) is 5.94. The maximum atomic E-state index is 12.3. The van der Waals surface area contributed by atoms with Gasteiger partial charge in [0.25, 0.3) is 0 Å². The molecule has 0 aliphatic carbocycles. The number of nitrogens with one attached hydrogen (secondary N) is 2. The second-order valence-electron chi connectivity index (χ2n) is 5.94. The lowest BCUT2D eigenvalue weighted by Gasteiger charge is -2.24. The molecular weight excluding hydrogens is 318 g/mol. The summed E-state index contributed by atoms with van der Waals surface area (Å²) in [5, 5.41) is 5.55. The van der Waals surface area contributed by atoms with E-state index in [2.05, 4.69) is 20.6 Å². The third-order valence-electron chi connectivity index (χ3n) is 3.78. The van der Waals surface area contributed by atoms with Crippen molar-refractivity contribution < 1.29 is 9.59 Å². The predicted molar refractivity (Wildman–Crippen MR) is 97.2 cm³/mol. The highest BCUT2D eigenvalue weighted by atomic mass is 16.2. The molecule has 0 saturated heterocycles. The van der Waals surface area contributed by atoms with E-state index in [1.165, 1.54) is 6.92 Å². The van der Waals surface area contributed by atoms with E-state index in [4.69, 9.17) is 0 Å². The summed E-state index contributed by atoms with van der Waals surface area (Å²) in [6.07, 6.45) is 5.74. The fourth-order valence-electron chi connectivity index (χ4n) is 2.36. The Morgan fingerprint density at radius 1 is 1.16 bits per heavy atom. The molecule has 0 bridgehead atoms. The molecule has 0 unspecified atom stereocenters. The van der Waals surface area contributed by atoms with Crippen LogP contribution >= 0.6 is 0 Å². The first kappa shape index (κ1) is 18.5. The van der Waals surface area contributed by atoms with Crippen LogP contribution in [-0.2, 0) is 16.0 Å². The monoisotopic (exact) mass is 341 g/mol. The maximum Gasteiger partial charge on any atom is 0.238 e. The van der Waals surface area contributed by atoms with Gasteiger partial charge in [0.1, 0.15) is 0 Å². The van der Waals surface area contributed by atoms with E-state index < -0.39 is 0 Å². The van der Waals surface area contributed by atoms with Crippen LogP contribution in [0.25, 0.3) is 0 Å². The van der Waals surface area contributed by atoms with E-state index in [9.17, 15) is 9.59 Å². The van der Waals surface area contributed by atoms with Gasteiger partial charge in [-0.15, -0.1) is 0 Å². The number of carbonyl (C=O) groups excluding carboxylic acids is 2. The van der Waals surface area contributed by atoms with E-state index in [0.29, 0.717) is 17.8 Å². The Balaban J connectivity index is 1.92. The molecule has 2 rings (SSSR count). The molecule has 1 heterocycles. The number of likely N-dealkylation sites (N-methyl/N-ethyl adjacent to an activating group) is 1. The molecule has 0 saturated carbocycles. The van der Waals surface area contributed by atoms with Crippen LogP contribution < -0.4 is 10.6 Å². The van der Waals surface area contributed by atoms with Crippen molar-refractivity contribution in [1.82, 2.24) is 14.9 Å². The summed E-state index contributed by atoms with van der Waals surface area (Å²) < 4.78 is 0. The zero-order chi connectivity index (χ0) is 18.2. The molecule has 2 aromatic rings. The summed E-state index contributed by atoms with van der Waals surface area (Å²) in [5.41, 5.74) is 2.05. The minimum atomic E-state index is -0.184. The first-order valence-electron chi connectivity index (χ1n) is 8.07. The SMILES string of the molecule is CC(=O)Nc1ccccc1NC(=O)CN(C)[C@@H](C)Cc1cnccn1. The number of anilines is 2. The number of nitrogens with zero attached hydrogens (tertiary/aromatic N) is 3. The van der Waals surface area contributed by atoms with E-state index in [1.54, 1.807) is 42.9 Å². The zero-order valence-electron chi connectivity index (χ0n) is 14.7. The fourth-order valence-corrected chi connectivity index (χ4v) is 2.36. The summed E-state index contributed by atoms with van der Waals surface area (Å²) >= 11 is 0. The van der Waals surface area contributed by atoms with Crippen LogP contribution in [0.2, 0.25) is 0 Å². The molecule has 2 N–H and O–H groups in total. The predicted octanol–water partition coefficient (Wildman–Crippen LogP) is 1.94. The number of para-hydroxylation sites is 2. The Morgan fingerprint density at radius 3 is 2.44 bits per heavy atom. The molecular formula is C18H23N5O2. The van der Waals surface area contributed by atoms with Gasteiger partial charge in [0.2, 0.25) is 11.8 Å². The van der Waals surface area contributed by atoms with Crippen molar-refractivity contribution in [3.05, 3.63) is 48.5 Å². The lowest BCUT2D eigenvalue weighted by atomic mass is 10.1. The van der Waals surface area contributed by atoms with Gasteiger partial charge in [-0.2, -0.15) is 0 Å². The van der Waals surface area contributed by atoms with Gasteiger partial charge in [0.05, 0.1) is 23.6 Å². The lowest BCUT2D eigenvalue weighted by Crippen LogP contribution is -2.37. The highest BCUT2D eigenvalue weighted by Gasteiger charge is 2.15. The molecule has 7 heteroatoms. The lowest BCUT2D eigenvalue weighted by molar-refractivity contribution is -0.117. The van der Waals surface area contributed by atoms with E-state index in [1.807, 2.05) is 18.9 Å². The van der Waals surface area contributed by atoms with Crippen molar-refractivity contribution in [2.45, 2.75) is 26.3 Å². The standard InChI is InChI=1S/C18H23N5O2/c1-13(10-15-11-19-8-9-20-15)23(3)12-18(25)22-17-7-5-4-6-16(17)21-14(2)24/h4-9,11,13H,10,12H2,1-3H3,(H,21,24)(H,22,25)/t13-/m0/s1. The Hall–Kier alpha value is -2.80. The molecule has 1 atom stereocenters. The highest BCUT2D eigenvalue weighted by Crippen LogP contribution is 2.20. The van der Waals surface area contributed by atoms with Crippen molar-refractivity contribution >= 4 is 23.2 Å². The molecule has 0 fully saturated rings. The van der Waals surface area contributed by atoms with Gasteiger partial charge in [-0.05, 0) is 26.1 Å². The minimum Gasteiger partial charge on any atom is -0.325 e. The Bertz CT molecular complexity index is 720. The number of hydrogen-bond donors (Lipinski definition) is 2. The van der Waals surface area contributed by atoms with E-state index in [0.717, 1.165) is 5.69 Å². The molecule has 1 aromatic heterocycles. The molecule has 0 aliphatic heterocycles. The maximum absolute atomic E-state index is 12.3. The number of amides is 2. The first-order chi connectivity index (χ1) is 12.0. The molecule has 1 aromatic carbocycles. The van der Waals surface area contributed by atoms with Gasteiger partial charge < -0.3 is 10.6 Å². The van der Waals surface area contributed by atoms with E-state index in [-0.39, 0.29) is 24.4 Å². The van der Waals surface area contributed by atoms with E-state index >= 15 is 0 Å². The molecule has 0 aliphatic rings. The summed E-state index contributed by atoms with van der Waals surface area (Å²) in [7, 11) is 1.89. The number of rotatable bonds is 7. The largest absolute Gasteiger partial charge is 0.325 e. The summed E-state index contributed by atoms with van der Waals surface area (Å²) in [5.74, 6) is -0.331. The first-order valence-corrected chi connectivity index (χ1v) is 8.07. The average Bonchev–Trinajstić information content (AvgIpc) is 2.57. The third kappa shape index (κ3) is 5.96. The zero-order valence-corrected chi connectivity index (χ0v) is 14.7. The summed E-state index contributed by atoms with van der Waals surface area (Å²) in [4.78, 5) is 33.8. The summed E-state index contributed by atoms with van der Waals surface area (Å²) in [6.45, 7) is 3.70. The van der Waals surface area contributed by atoms with Crippen molar-refractivity contribution in [2.24, 2.45) is 0 Å². The number of hydrogen-bond acceptors (Lipinski definition) is 5. The minimum absolute atomic E-state index is 0.132. The van der Waals surface area contributed by atoms with Crippen LogP contribution in [0.1, 0.15) is 19.5 Å². The molecule has 25 heavy (non-hydrogen) atoms. The van der Waals surface area contributed by atoms with Crippen molar-refractivity contribution in [3.63, 3.8) is 0 Å². The highest BCUT2D eigenvalue weighted by molar-refractivity contribution is 5.99. The molecule has 0 radical (unpaired) electrons. The van der Waals surface area contributed by atoms with Gasteiger partial charge in [0.15, 0.2) is 0 Å². The summed E-state index contributed by atoms with van der Waals surface area (Å²) in [6, 6.07) is 7.24. The number of aromatic nitrogens is 2. The van der Waals surface area contributed by atoms with Crippen LogP contribution in [-0.4, -0.2) is 46.3 Å². The number of carbonyl (C=O) groups is 2. The van der Waals surface area contributed by atoms with Crippen LogP contribution in [0.4, 0.5) is 11.4 Å². The van der Waals surface area contributed by atoms with Crippen LogP contribution in [0, 0.1) is 0 Å². The van der Waals surface area contributed by atoms with Crippen molar-refractivity contribution in [3.8, 4) is 0 Å². The molecule has 132 valence electrons. The van der Waals surface area contributed by atoms with Crippen molar-refractivity contribution in [1.29, 1.82) is 0 Å². The molecule has 7 nitrogen and oxygen atoms in total. The smallest absolute Gasteiger partial charge is 0.238 e. The number of benzene rings is 1. The Labute approximate surface area is 147 Å². The Kier molecular flexibility index (Phi) is 6.59. The van der Waals surface area contributed by atoms with Gasteiger partial charge in [-0.1, -0.05) is 12.1 Å². The third-order valence-corrected chi connectivity index (χ3v) is 3.78.